The number of carbonyl (C=O) groups is 2. The van der Waals surface area contributed by atoms with Crippen LogP contribution in [0.3, 0.4) is 0 Å². The summed E-state index contributed by atoms with van der Waals surface area (Å²) in [4.78, 5) is 27.5. The van der Waals surface area contributed by atoms with E-state index in [0.29, 0.717) is 17.0 Å². The lowest BCUT2D eigenvalue weighted by atomic mass is 10.2. The van der Waals surface area contributed by atoms with Gasteiger partial charge in [0.1, 0.15) is 11.4 Å². The number of anilines is 1. The first-order chi connectivity index (χ1) is 9.42. The summed E-state index contributed by atoms with van der Waals surface area (Å²) in [6.45, 7) is 1.34. The molecule has 0 fully saturated rings. The molecule has 106 valence electrons. The lowest BCUT2D eigenvalue weighted by Gasteiger charge is -2.15. The van der Waals surface area contributed by atoms with Gasteiger partial charge in [-0.15, -0.1) is 0 Å². The summed E-state index contributed by atoms with van der Waals surface area (Å²) in [5.74, 6) is -0.416. The molecule has 1 heterocycles. The van der Waals surface area contributed by atoms with Crippen molar-refractivity contribution in [3.8, 4) is 5.75 Å². The summed E-state index contributed by atoms with van der Waals surface area (Å²) in [6.07, 6.45) is 0. The van der Waals surface area contributed by atoms with Crippen LogP contribution in [0.1, 0.15) is 17.4 Å². The number of nitrogens with zero attached hydrogens (tertiary/aromatic N) is 1. The second kappa shape index (κ2) is 5.24. The molecule has 1 aromatic carbocycles. The van der Waals surface area contributed by atoms with Gasteiger partial charge in [0.15, 0.2) is 0 Å². The molecular formula is C14H16N2O4. The van der Waals surface area contributed by atoms with Crippen molar-refractivity contribution in [1.29, 1.82) is 0 Å². The van der Waals surface area contributed by atoms with E-state index in [4.69, 9.17) is 9.47 Å². The highest BCUT2D eigenvalue weighted by Gasteiger charge is 2.15. The predicted molar refractivity (Wildman–Crippen MR) is 75.3 cm³/mol. The zero-order chi connectivity index (χ0) is 14.9. The van der Waals surface area contributed by atoms with Crippen molar-refractivity contribution >= 4 is 28.5 Å². The molecule has 2 rings (SSSR count). The molecule has 0 aliphatic carbocycles. The predicted octanol–water partition coefficient (Wildman–Crippen LogP) is 1.95. The fourth-order valence-electron chi connectivity index (χ4n) is 2.01. The van der Waals surface area contributed by atoms with Crippen molar-refractivity contribution in [2.24, 2.45) is 0 Å². The molecule has 2 aromatic rings. The van der Waals surface area contributed by atoms with Crippen LogP contribution in [0.2, 0.25) is 0 Å². The number of benzene rings is 1. The van der Waals surface area contributed by atoms with Gasteiger partial charge in [-0.05, 0) is 6.07 Å². The molecule has 0 aliphatic heterocycles. The highest BCUT2D eigenvalue weighted by Crippen LogP contribution is 2.32. The van der Waals surface area contributed by atoms with Crippen LogP contribution in [0.15, 0.2) is 18.2 Å². The summed E-state index contributed by atoms with van der Waals surface area (Å²) in [5.41, 5.74) is 1.89. The Morgan fingerprint density at radius 3 is 2.45 bits per heavy atom. The van der Waals surface area contributed by atoms with Crippen molar-refractivity contribution in [3.05, 3.63) is 23.9 Å². The van der Waals surface area contributed by atoms with E-state index in [1.807, 2.05) is 19.0 Å². The van der Waals surface area contributed by atoms with Gasteiger partial charge in [0.25, 0.3) is 0 Å². The number of aromatic amines is 1. The van der Waals surface area contributed by atoms with E-state index in [1.54, 1.807) is 18.2 Å². The second-order valence-corrected chi connectivity index (χ2v) is 4.57. The average Bonchev–Trinajstić information content (AvgIpc) is 2.79. The topological polar surface area (TPSA) is 71.6 Å². The van der Waals surface area contributed by atoms with Gasteiger partial charge in [-0.25, -0.2) is 4.79 Å². The third kappa shape index (κ3) is 2.59. The minimum Gasteiger partial charge on any atom is -0.464 e. The number of ether oxygens (including phenoxy) is 2. The molecule has 0 saturated heterocycles. The van der Waals surface area contributed by atoms with Crippen LogP contribution in [0.5, 0.6) is 5.75 Å². The van der Waals surface area contributed by atoms with Gasteiger partial charge in [0.2, 0.25) is 0 Å². The molecule has 0 unspecified atom stereocenters. The Morgan fingerprint density at radius 2 is 1.90 bits per heavy atom. The summed E-state index contributed by atoms with van der Waals surface area (Å²) in [5, 5.41) is 0.853. The molecule has 0 atom stereocenters. The van der Waals surface area contributed by atoms with Crippen molar-refractivity contribution in [1.82, 2.24) is 4.98 Å². The van der Waals surface area contributed by atoms with Crippen LogP contribution in [0.4, 0.5) is 5.69 Å². The normalized spacial score (nSPS) is 10.4. The quantitative estimate of drug-likeness (QED) is 0.685. The molecular weight excluding hydrogens is 260 g/mol. The van der Waals surface area contributed by atoms with E-state index in [-0.39, 0.29) is 0 Å². The van der Waals surface area contributed by atoms with Gasteiger partial charge in [-0.1, -0.05) is 0 Å². The number of fused-ring (bicyclic) bond motifs is 1. The Labute approximate surface area is 116 Å². The Balaban J connectivity index is 2.61. The van der Waals surface area contributed by atoms with Crippen molar-refractivity contribution < 1.29 is 19.1 Å². The van der Waals surface area contributed by atoms with Gasteiger partial charge in [0.05, 0.1) is 12.6 Å². The van der Waals surface area contributed by atoms with Crippen LogP contribution < -0.4 is 9.64 Å². The summed E-state index contributed by atoms with van der Waals surface area (Å²) in [7, 11) is 5.07. The molecule has 0 bridgehead atoms. The first-order valence-electron chi connectivity index (χ1n) is 6.03. The lowest BCUT2D eigenvalue weighted by molar-refractivity contribution is -0.131. The molecule has 6 nitrogen and oxygen atoms in total. The molecule has 0 spiro atoms. The van der Waals surface area contributed by atoms with E-state index in [2.05, 4.69) is 4.98 Å². The Morgan fingerprint density at radius 1 is 1.20 bits per heavy atom. The summed E-state index contributed by atoms with van der Waals surface area (Å²) >= 11 is 0. The Kier molecular flexibility index (Phi) is 3.65. The van der Waals surface area contributed by atoms with E-state index in [0.717, 1.165) is 11.1 Å². The zero-order valence-corrected chi connectivity index (χ0v) is 11.8. The molecule has 0 aliphatic rings. The fraction of sp³-hybridized carbons (Fsp3) is 0.286. The number of rotatable bonds is 3. The van der Waals surface area contributed by atoms with Crippen LogP contribution >= 0.6 is 0 Å². The minimum absolute atomic E-state index is 0.352. The molecule has 1 N–H and O–H groups in total. The number of nitrogens with one attached hydrogen (secondary N) is 1. The highest BCUT2D eigenvalue weighted by molar-refractivity contribution is 6.01. The van der Waals surface area contributed by atoms with Crippen molar-refractivity contribution in [3.63, 3.8) is 0 Å². The van der Waals surface area contributed by atoms with Gasteiger partial charge in [-0.2, -0.15) is 0 Å². The molecule has 1 aromatic heterocycles. The second-order valence-electron chi connectivity index (χ2n) is 4.57. The van der Waals surface area contributed by atoms with E-state index < -0.39 is 11.9 Å². The maximum Gasteiger partial charge on any atom is 0.354 e. The maximum atomic E-state index is 11.6. The van der Waals surface area contributed by atoms with Crippen LogP contribution in [0.25, 0.3) is 10.9 Å². The molecule has 0 amide bonds. The zero-order valence-electron chi connectivity index (χ0n) is 11.8. The fourth-order valence-corrected chi connectivity index (χ4v) is 2.01. The number of esters is 2. The maximum absolute atomic E-state index is 11.6. The van der Waals surface area contributed by atoms with Gasteiger partial charge < -0.3 is 19.4 Å². The number of hydrogen-bond donors (Lipinski definition) is 1. The Bertz CT molecular complexity index is 673. The van der Waals surface area contributed by atoms with Crippen LogP contribution in [-0.4, -0.2) is 38.1 Å². The first-order valence-corrected chi connectivity index (χ1v) is 6.03. The number of H-pyrrole nitrogens is 1. The standard InChI is InChI=1S/C14H16N2O4/c1-8(17)20-9-5-11-10(13(6-9)16(2)3)7-12(15-11)14(18)19-4/h5-7,15H,1-4H3. The monoisotopic (exact) mass is 276 g/mol. The molecule has 20 heavy (non-hydrogen) atoms. The SMILES string of the molecule is COC(=O)c1cc2c(N(C)C)cc(OC(C)=O)cc2[nH]1. The number of methoxy groups -OCH3 is 1. The lowest BCUT2D eigenvalue weighted by Crippen LogP contribution is -2.10. The average molecular weight is 276 g/mol. The molecule has 0 saturated carbocycles. The molecule has 6 heteroatoms. The van der Waals surface area contributed by atoms with Gasteiger partial charge in [0, 0.05) is 44.2 Å². The van der Waals surface area contributed by atoms with Gasteiger partial charge in [-0.3, -0.25) is 4.79 Å². The number of hydrogen-bond acceptors (Lipinski definition) is 5. The van der Waals surface area contributed by atoms with E-state index in [9.17, 15) is 9.59 Å². The number of aromatic nitrogens is 1. The van der Waals surface area contributed by atoms with Crippen LogP contribution in [-0.2, 0) is 9.53 Å². The number of carbonyl (C=O) groups excluding carboxylic acids is 2. The third-order valence-corrected chi connectivity index (χ3v) is 2.84. The summed E-state index contributed by atoms with van der Waals surface area (Å²) < 4.78 is 9.80. The minimum atomic E-state index is -0.444. The Hall–Kier alpha value is -2.50. The van der Waals surface area contributed by atoms with E-state index >= 15 is 0 Å². The largest absolute Gasteiger partial charge is 0.464 e. The summed E-state index contributed by atoms with van der Waals surface area (Å²) in [6, 6.07) is 5.14. The molecule has 0 radical (unpaired) electrons. The first kappa shape index (κ1) is 13.9. The third-order valence-electron chi connectivity index (χ3n) is 2.84. The van der Waals surface area contributed by atoms with Crippen molar-refractivity contribution in [2.45, 2.75) is 6.92 Å². The van der Waals surface area contributed by atoms with E-state index in [1.165, 1.54) is 14.0 Å². The highest BCUT2D eigenvalue weighted by atomic mass is 16.5. The van der Waals surface area contributed by atoms with Gasteiger partial charge >= 0.3 is 11.9 Å². The van der Waals surface area contributed by atoms with Crippen molar-refractivity contribution in [2.75, 3.05) is 26.1 Å². The smallest absolute Gasteiger partial charge is 0.354 e. The van der Waals surface area contributed by atoms with Crippen LogP contribution in [0, 0.1) is 0 Å².